The van der Waals surface area contributed by atoms with Crippen molar-refractivity contribution in [2.24, 2.45) is 0 Å². The van der Waals surface area contributed by atoms with E-state index in [2.05, 4.69) is 23.3 Å². The molecular formula is C32H39N3O4. The second-order valence-electron chi connectivity index (χ2n) is 11.1. The molecule has 0 saturated heterocycles. The Bertz CT molecular complexity index is 1330. The molecule has 3 aromatic rings. The topological polar surface area (TPSA) is 75.5 Å². The fourth-order valence-electron chi connectivity index (χ4n) is 5.08. The Morgan fingerprint density at radius 1 is 1.03 bits per heavy atom. The monoisotopic (exact) mass is 529 g/mol. The molecule has 1 unspecified atom stereocenters. The van der Waals surface area contributed by atoms with E-state index >= 15 is 0 Å². The van der Waals surface area contributed by atoms with Gasteiger partial charge in [-0.2, -0.15) is 0 Å². The van der Waals surface area contributed by atoms with Crippen LogP contribution in [-0.4, -0.2) is 26.4 Å². The SMILES string of the molecule is CCCCCCCCCn1cc(COc2ccc3c(c2)OC(c2ccc4c(c2)C=CC(C)(C)O4)CC3=O)nn1. The van der Waals surface area contributed by atoms with E-state index < -0.39 is 0 Å². The average molecular weight is 530 g/mol. The Labute approximate surface area is 231 Å². The number of carbonyl (C=O) groups is 1. The summed E-state index contributed by atoms with van der Waals surface area (Å²) in [5.74, 6) is 2.07. The molecule has 1 aromatic heterocycles. The number of fused-ring (bicyclic) bond motifs is 2. The Kier molecular flexibility index (Phi) is 8.34. The number of hydrogen-bond acceptors (Lipinski definition) is 6. The van der Waals surface area contributed by atoms with Gasteiger partial charge in [0.25, 0.3) is 0 Å². The van der Waals surface area contributed by atoms with E-state index in [0.29, 0.717) is 30.1 Å². The number of ketones is 1. The lowest BCUT2D eigenvalue weighted by molar-refractivity contribution is 0.0849. The highest BCUT2D eigenvalue weighted by atomic mass is 16.5. The van der Waals surface area contributed by atoms with Gasteiger partial charge < -0.3 is 14.2 Å². The molecule has 0 radical (unpaired) electrons. The maximum atomic E-state index is 12.9. The lowest BCUT2D eigenvalue weighted by atomic mass is 9.94. The minimum absolute atomic E-state index is 0.0618. The molecule has 0 aliphatic carbocycles. The van der Waals surface area contributed by atoms with E-state index in [1.807, 2.05) is 55.1 Å². The molecule has 7 heteroatoms. The van der Waals surface area contributed by atoms with Gasteiger partial charge in [0.05, 0.1) is 18.2 Å². The summed E-state index contributed by atoms with van der Waals surface area (Å²) in [7, 11) is 0. The Hall–Kier alpha value is -3.61. The second kappa shape index (κ2) is 12.1. The minimum atomic E-state index is -0.361. The maximum Gasteiger partial charge on any atom is 0.170 e. The van der Waals surface area contributed by atoms with Crippen LogP contribution in [0.4, 0.5) is 0 Å². The molecule has 206 valence electrons. The first kappa shape index (κ1) is 27.0. The molecule has 2 aliphatic rings. The molecule has 5 rings (SSSR count). The standard InChI is InChI=1S/C32H39N3O4/c1-4-5-6-7-8-9-10-17-35-21-25(33-34-35)22-37-26-12-13-27-28(36)20-30(38-31(27)19-26)23-11-14-29-24(18-23)15-16-32(2,3)39-29/h11-16,18-19,21,30H,4-10,17,20,22H2,1-3H3. The van der Waals surface area contributed by atoms with E-state index in [1.165, 1.54) is 38.5 Å². The number of ether oxygens (including phenoxy) is 3. The van der Waals surface area contributed by atoms with Gasteiger partial charge in [-0.05, 0) is 56.2 Å². The molecule has 0 spiro atoms. The number of hydrogen-bond donors (Lipinski definition) is 0. The van der Waals surface area contributed by atoms with Gasteiger partial charge in [-0.25, -0.2) is 0 Å². The summed E-state index contributed by atoms with van der Waals surface area (Å²) in [6.45, 7) is 7.48. The van der Waals surface area contributed by atoms with Crippen molar-refractivity contribution < 1.29 is 19.0 Å². The van der Waals surface area contributed by atoms with Crippen LogP contribution < -0.4 is 14.2 Å². The van der Waals surface area contributed by atoms with Crippen LogP contribution in [0.1, 0.15) is 105 Å². The Balaban J connectivity index is 1.16. The van der Waals surface area contributed by atoms with Crippen LogP contribution in [0.5, 0.6) is 17.2 Å². The summed E-state index contributed by atoms with van der Waals surface area (Å²) < 4.78 is 20.2. The van der Waals surface area contributed by atoms with Crippen molar-refractivity contribution in [3.05, 3.63) is 71.1 Å². The number of rotatable bonds is 12. The van der Waals surface area contributed by atoms with Gasteiger partial charge >= 0.3 is 0 Å². The van der Waals surface area contributed by atoms with Gasteiger partial charge in [0.1, 0.15) is 41.3 Å². The third-order valence-electron chi connectivity index (χ3n) is 7.30. The number of Topliss-reactive ketones (excluding diaryl/α,β-unsaturated/α-hetero) is 1. The molecule has 0 fully saturated rings. The van der Waals surface area contributed by atoms with Crippen LogP contribution >= 0.6 is 0 Å². The summed E-state index contributed by atoms with van der Waals surface area (Å²) >= 11 is 0. The highest BCUT2D eigenvalue weighted by Gasteiger charge is 2.29. The highest BCUT2D eigenvalue weighted by molar-refractivity contribution is 6.00. The second-order valence-corrected chi connectivity index (χ2v) is 11.1. The van der Waals surface area contributed by atoms with E-state index in [0.717, 1.165) is 35.5 Å². The van der Waals surface area contributed by atoms with Gasteiger partial charge in [-0.15, -0.1) is 5.10 Å². The number of carbonyl (C=O) groups excluding carboxylic acids is 1. The maximum absolute atomic E-state index is 12.9. The lowest BCUT2D eigenvalue weighted by Gasteiger charge is -2.30. The van der Waals surface area contributed by atoms with E-state index in [-0.39, 0.29) is 17.5 Å². The van der Waals surface area contributed by atoms with Gasteiger partial charge in [-0.1, -0.05) is 62.8 Å². The molecule has 2 aromatic carbocycles. The quantitative estimate of drug-likeness (QED) is 0.226. The predicted molar refractivity (Wildman–Crippen MR) is 151 cm³/mol. The van der Waals surface area contributed by atoms with Crippen molar-refractivity contribution >= 4 is 11.9 Å². The van der Waals surface area contributed by atoms with Crippen LogP contribution in [0.2, 0.25) is 0 Å². The van der Waals surface area contributed by atoms with Gasteiger partial charge in [0, 0.05) is 18.2 Å². The fraction of sp³-hybridized carbons (Fsp3) is 0.469. The highest BCUT2D eigenvalue weighted by Crippen LogP contribution is 2.39. The minimum Gasteiger partial charge on any atom is -0.487 e. The zero-order chi connectivity index (χ0) is 27.2. The van der Waals surface area contributed by atoms with E-state index in [4.69, 9.17) is 14.2 Å². The first-order chi connectivity index (χ1) is 18.9. The first-order valence-corrected chi connectivity index (χ1v) is 14.3. The number of unbranched alkanes of at least 4 members (excludes halogenated alkanes) is 6. The molecule has 0 amide bonds. The van der Waals surface area contributed by atoms with Crippen molar-refractivity contribution in [1.29, 1.82) is 0 Å². The fourth-order valence-corrected chi connectivity index (χ4v) is 5.08. The molecule has 2 aliphatic heterocycles. The molecule has 0 saturated carbocycles. The Morgan fingerprint density at radius 2 is 1.85 bits per heavy atom. The predicted octanol–water partition coefficient (Wildman–Crippen LogP) is 7.50. The van der Waals surface area contributed by atoms with E-state index in [9.17, 15) is 4.79 Å². The first-order valence-electron chi connectivity index (χ1n) is 14.3. The van der Waals surface area contributed by atoms with Crippen LogP contribution in [-0.2, 0) is 13.2 Å². The number of benzene rings is 2. The lowest BCUT2D eigenvalue weighted by Crippen LogP contribution is -2.27. The smallest absolute Gasteiger partial charge is 0.170 e. The molecular weight excluding hydrogens is 490 g/mol. The van der Waals surface area contributed by atoms with Crippen molar-refractivity contribution in [3.8, 4) is 17.2 Å². The summed E-state index contributed by atoms with van der Waals surface area (Å²) in [4.78, 5) is 12.9. The largest absolute Gasteiger partial charge is 0.487 e. The average Bonchev–Trinajstić information content (AvgIpc) is 3.38. The van der Waals surface area contributed by atoms with Crippen molar-refractivity contribution in [3.63, 3.8) is 0 Å². The molecule has 0 bridgehead atoms. The summed E-state index contributed by atoms with van der Waals surface area (Å²) in [5.41, 5.74) is 2.97. The van der Waals surface area contributed by atoms with Crippen molar-refractivity contribution in [1.82, 2.24) is 15.0 Å². The summed E-state index contributed by atoms with van der Waals surface area (Å²) in [5, 5.41) is 8.49. The molecule has 1 atom stereocenters. The Morgan fingerprint density at radius 3 is 2.69 bits per heavy atom. The molecule has 7 nitrogen and oxygen atoms in total. The normalized spacial score (nSPS) is 17.2. The van der Waals surface area contributed by atoms with E-state index in [1.54, 1.807) is 12.1 Å². The van der Waals surface area contributed by atoms with Gasteiger partial charge in [-0.3, -0.25) is 9.48 Å². The molecule has 39 heavy (non-hydrogen) atoms. The summed E-state index contributed by atoms with van der Waals surface area (Å²) in [6, 6.07) is 11.4. The van der Waals surface area contributed by atoms with Gasteiger partial charge in [0.15, 0.2) is 5.78 Å². The van der Waals surface area contributed by atoms with Crippen molar-refractivity contribution in [2.45, 2.75) is 97.0 Å². The zero-order valence-corrected chi connectivity index (χ0v) is 23.3. The summed E-state index contributed by atoms with van der Waals surface area (Å²) in [6.07, 6.45) is 14.9. The molecule has 0 N–H and O–H groups in total. The van der Waals surface area contributed by atoms with Gasteiger partial charge in [0.2, 0.25) is 0 Å². The number of aryl methyl sites for hydroxylation is 1. The number of aromatic nitrogens is 3. The third kappa shape index (κ3) is 6.88. The van der Waals surface area contributed by atoms with Crippen LogP contribution in [0.25, 0.3) is 6.08 Å². The third-order valence-corrected chi connectivity index (χ3v) is 7.30. The molecule has 3 heterocycles. The van der Waals surface area contributed by atoms with Crippen molar-refractivity contribution in [2.75, 3.05) is 0 Å². The van der Waals surface area contributed by atoms with Crippen LogP contribution in [0, 0.1) is 0 Å². The van der Waals surface area contributed by atoms with Crippen LogP contribution in [0.15, 0.2) is 48.7 Å². The zero-order valence-electron chi connectivity index (χ0n) is 23.3. The van der Waals surface area contributed by atoms with Crippen LogP contribution in [0.3, 0.4) is 0 Å². The number of nitrogens with zero attached hydrogens (tertiary/aromatic N) is 3.